The van der Waals surface area contributed by atoms with E-state index < -0.39 is 8.67 Å². The van der Waals surface area contributed by atoms with Crippen LogP contribution in [0.5, 0.6) is 0 Å². The molecule has 4 heteroatoms. The molecule has 0 atom stereocenters. The van der Waals surface area contributed by atoms with Crippen LogP contribution in [0.25, 0.3) is 0 Å². The van der Waals surface area contributed by atoms with Crippen LogP contribution in [0.15, 0.2) is 0 Å². The average Bonchev–Trinajstić information content (AvgIpc) is 1.33. The van der Waals surface area contributed by atoms with E-state index in [9.17, 15) is 0 Å². The van der Waals surface area contributed by atoms with E-state index in [-0.39, 0.29) is 0 Å². The second-order valence-electron chi connectivity index (χ2n) is 0.955. The molecular formula is C3H8AlBr3. The Bertz CT molecular complexity index is 21.4. The summed E-state index contributed by atoms with van der Waals surface area (Å²) in [4.78, 5) is 0. The zero-order chi connectivity index (χ0) is 6.28. The molecule has 0 unspecified atom stereocenters. The van der Waals surface area contributed by atoms with Crippen molar-refractivity contribution in [1.82, 2.24) is 0 Å². The molecule has 0 amide bonds. The number of halogens is 3. The molecule has 0 aromatic rings. The largest absolute Gasteiger partial charge is 0.542 e. The van der Waals surface area contributed by atoms with E-state index in [1.165, 1.54) is 6.42 Å². The second-order valence-corrected chi connectivity index (χ2v) is 20.7. The van der Waals surface area contributed by atoms with Crippen molar-refractivity contribution in [2.24, 2.45) is 0 Å². The molecule has 0 rings (SSSR count). The number of rotatable bonds is 0. The summed E-state index contributed by atoms with van der Waals surface area (Å²) in [5.74, 6) is 0. The molecule has 0 saturated heterocycles. The Morgan fingerprint density at radius 3 is 1.14 bits per heavy atom. The Morgan fingerprint density at radius 2 is 1.14 bits per heavy atom. The van der Waals surface area contributed by atoms with Gasteiger partial charge in [-0.25, -0.2) is 0 Å². The molecule has 0 N–H and O–H groups in total. The van der Waals surface area contributed by atoms with Crippen molar-refractivity contribution >= 4 is 50.8 Å². The van der Waals surface area contributed by atoms with Gasteiger partial charge < -0.3 is 0 Å². The van der Waals surface area contributed by atoms with Crippen LogP contribution in [0.1, 0.15) is 20.3 Å². The van der Waals surface area contributed by atoms with Crippen molar-refractivity contribution < 1.29 is 0 Å². The van der Waals surface area contributed by atoms with Crippen molar-refractivity contribution in [3.63, 3.8) is 0 Å². The molecule has 0 aromatic carbocycles. The fourth-order valence-corrected chi connectivity index (χ4v) is 0. The smallest absolute Gasteiger partial charge is 0.181 e. The van der Waals surface area contributed by atoms with Crippen LogP contribution in [0, 0.1) is 0 Å². The summed E-state index contributed by atoms with van der Waals surface area (Å²) in [5.41, 5.74) is 0. The maximum atomic E-state index is 3.24. The first-order valence-corrected chi connectivity index (χ1v) is 11.6. The molecule has 0 radical (unpaired) electrons. The Kier molecular flexibility index (Phi) is 18.2. The third-order valence-corrected chi connectivity index (χ3v) is 0. The molecule has 7 heavy (non-hydrogen) atoms. The third-order valence-electron chi connectivity index (χ3n) is 0. The fraction of sp³-hybridized carbons (Fsp3) is 1.00. The maximum absolute atomic E-state index is 3.24. The normalized spacial score (nSPS) is 6.43. The summed E-state index contributed by atoms with van der Waals surface area (Å²) in [6, 6.07) is 0. The van der Waals surface area contributed by atoms with Crippen LogP contribution in [0.4, 0.5) is 0 Å². The van der Waals surface area contributed by atoms with Crippen molar-refractivity contribution in [3.05, 3.63) is 0 Å². The predicted molar refractivity (Wildman–Crippen MR) is 48.5 cm³/mol. The topological polar surface area (TPSA) is 0 Å². The lowest BCUT2D eigenvalue weighted by Crippen LogP contribution is -1.60. The zero-order valence-corrected chi connectivity index (χ0v) is 10.3. The lowest BCUT2D eigenvalue weighted by atomic mass is 10.6. The highest BCUT2D eigenvalue weighted by atomic mass is 80.0. The third kappa shape index (κ3) is 73.1. The summed E-state index contributed by atoms with van der Waals surface area (Å²) in [5, 5.41) is 0. The maximum Gasteiger partial charge on any atom is 0.542 e. The quantitative estimate of drug-likeness (QED) is 0.600. The number of hydrogen-bond donors (Lipinski definition) is 0. The van der Waals surface area contributed by atoms with Gasteiger partial charge in [0, 0.05) is 0 Å². The first-order valence-electron chi connectivity index (χ1n) is 2.07. The average molecular weight is 311 g/mol. The van der Waals surface area contributed by atoms with Crippen molar-refractivity contribution in [1.29, 1.82) is 0 Å². The van der Waals surface area contributed by atoms with Gasteiger partial charge in [-0.2, -0.15) is 42.2 Å². The number of hydrogen-bond acceptors (Lipinski definition) is 0. The predicted octanol–water partition coefficient (Wildman–Crippen LogP) is 3.57. The van der Waals surface area contributed by atoms with Gasteiger partial charge in [-0.05, 0) is 0 Å². The van der Waals surface area contributed by atoms with E-state index in [1.807, 2.05) is 0 Å². The van der Waals surface area contributed by atoms with Crippen molar-refractivity contribution in [2.45, 2.75) is 20.3 Å². The summed E-state index contributed by atoms with van der Waals surface area (Å²) in [7, 11) is -0.701. The highest BCUT2D eigenvalue weighted by Crippen LogP contribution is 2.07. The molecule has 0 bridgehead atoms. The molecule has 0 aromatic heterocycles. The first kappa shape index (κ1) is 11.7. The van der Waals surface area contributed by atoms with Gasteiger partial charge in [-0.15, -0.1) is 0 Å². The summed E-state index contributed by atoms with van der Waals surface area (Å²) >= 11 is 9.73. The Balaban J connectivity index is 0. The van der Waals surface area contributed by atoms with Gasteiger partial charge in [0.15, 0.2) is 0 Å². The molecule has 0 spiro atoms. The minimum atomic E-state index is -0.701. The van der Waals surface area contributed by atoms with Gasteiger partial charge in [0.1, 0.15) is 0 Å². The van der Waals surface area contributed by atoms with Gasteiger partial charge in [0.25, 0.3) is 0 Å². The first-order chi connectivity index (χ1) is 3.15. The molecule has 0 heterocycles. The Morgan fingerprint density at radius 1 is 1.14 bits per heavy atom. The van der Waals surface area contributed by atoms with Crippen LogP contribution < -0.4 is 0 Å². The van der Waals surface area contributed by atoms with Gasteiger partial charge in [-0.3, -0.25) is 0 Å². The Labute approximate surface area is 70.4 Å². The minimum Gasteiger partial charge on any atom is -0.181 e. The van der Waals surface area contributed by atoms with Gasteiger partial charge >= 0.3 is 8.67 Å². The van der Waals surface area contributed by atoms with Crippen LogP contribution in [-0.4, -0.2) is 8.67 Å². The van der Waals surface area contributed by atoms with E-state index in [0.29, 0.717) is 0 Å². The van der Waals surface area contributed by atoms with Crippen molar-refractivity contribution in [3.8, 4) is 0 Å². The zero-order valence-electron chi connectivity index (χ0n) is 4.42. The Hall–Kier alpha value is 1.97. The standard InChI is InChI=1S/C3H8.Al.3BrH/c1-3-2;;;;/h3H2,1-2H3;;3*1H/q;+3;;;/p-3. The molecule has 0 aliphatic carbocycles. The van der Waals surface area contributed by atoms with Crippen LogP contribution in [-0.2, 0) is 0 Å². The van der Waals surface area contributed by atoms with Gasteiger partial charge in [0.05, 0.1) is 0 Å². The molecule has 0 aliphatic rings. The molecule has 0 saturated carbocycles. The lowest BCUT2D eigenvalue weighted by Gasteiger charge is -1.59. The van der Waals surface area contributed by atoms with E-state index in [4.69, 9.17) is 0 Å². The van der Waals surface area contributed by atoms with E-state index in [0.717, 1.165) is 0 Å². The van der Waals surface area contributed by atoms with E-state index in [2.05, 4.69) is 56.0 Å². The molecular weight excluding hydrogens is 303 g/mol. The highest BCUT2D eigenvalue weighted by molar-refractivity contribution is 9.69. The SMILES string of the molecule is CCC.[Br][Al]([Br])[Br]. The molecule has 0 aliphatic heterocycles. The van der Waals surface area contributed by atoms with Gasteiger partial charge in [-0.1, -0.05) is 20.3 Å². The monoisotopic (exact) mass is 308 g/mol. The van der Waals surface area contributed by atoms with Crippen molar-refractivity contribution in [2.75, 3.05) is 0 Å². The van der Waals surface area contributed by atoms with Gasteiger partial charge in [0.2, 0.25) is 0 Å². The van der Waals surface area contributed by atoms with Crippen LogP contribution in [0.2, 0.25) is 0 Å². The summed E-state index contributed by atoms with van der Waals surface area (Å²) in [6.07, 6.45) is 1.25. The minimum absolute atomic E-state index is 0.701. The fourth-order valence-electron chi connectivity index (χ4n) is 0. The molecule has 0 nitrogen and oxygen atoms in total. The van der Waals surface area contributed by atoms with E-state index in [1.54, 1.807) is 0 Å². The second kappa shape index (κ2) is 10.9. The molecule has 44 valence electrons. The highest BCUT2D eigenvalue weighted by Gasteiger charge is 1.95. The molecule has 0 fully saturated rings. The van der Waals surface area contributed by atoms with E-state index >= 15 is 0 Å². The van der Waals surface area contributed by atoms with Crippen LogP contribution >= 0.6 is 42.2 Å². The lowest BCUT2D eigenvalue weighted by molar-refractivity contribution is 1.09. The summed E-state index contributed by atoms with van der Waals surface area (Å²) < 4.78 is 0. The van der Waals surface area contributed by atoms with Crippen LogP contribution in [0.3, 0.4) is 0 Å². The summed E-state index contributed by atoms with van der Waals surface area (Å²) in [6.45, 7) is 4.25.